The van der Waals surface area contributed by atoms with E-state index >= 15 is 0 Å². The minimum absolute atomic E-state index is 0.223. The SMILES string of the molecule is Cc1[nH]c2ccc(Nc3nc(N4CCOCC4)c4[nH]cnc4n3)cc2c1C.Clc1nc(N2CCOCC2)c2[nH]cnc2n1. The lowest BCUT2D eigenvalue weighted by molar-refractivity contribution is 0.122. The predicted octanol–water partition coefficient (Wildman–Crippen LogP) is 3.87. The Morgan fingerprint density at radius 2 is 1.40 bits per heavy atom. The molecule has 2 saturated heterocycles. The van der Waals surface area contributed by atoms with Crippen molar-refractivity contribution in [3.8, 4) is 0 Å². The van der Waals surface area contributed by atoms with Crippen molar-refractivity contribution in [1.82, 2.24) is 44.9 Å². The minimum atomic E-state index is 0.223. The van der Waals surface area contributed by atoms with Gasteiger partial charge in [0.25, 0.3) is 0 Å². The summed E-state index contributed by atoms with van der Waals surface area (Å²) in [6.45, 7) is 10.2. The van der Waals surface area contributed by atoms with Crippen molar-refractivity contribution in [1.29, 1.82) is 0 Å². The van der Waals surface area contributed by atoms with Crippen molar-refractivity contribution in [3.63, 3.8) is 0 Å². The fraction of sp³-hybridized carbons (Fsp3) is 0.357. The fourth-order valence-electron chi connectivity index (χ4n) is 5.34. The predicted molar refractivity (Wildman–Crippen MR) is 165 cm³/mol. The van der Waals surface area contributed by atoms with Crippen LogP contribution in [0.25, 0.3) is 33.2 Å². The van der Waals surface area contributed by atoms with Crippen molar-refractivity contribution in [3.05, 3.63) is 47.4 Å². The van der Waals surface area contributed by atoms with Crippen LogP contribution in [0.2, 0.25) is 5.28 Å². The zero-order chi connectivity index (χ0) is 29.3. The number of benzene rings is 1. The summed E-state index contributed by atoms with van der Waals surface area (Å²) < 4.78 is 10.8. The summed E-state index contributed by atoms with van der Waals surface area (Å²) in [6, 6.07) is 6.23. The molecule has 0 radical (unpaired) electrons. The number of H-pyrrole nitrogens is 3. The molecule has 8 rings (SSSR count). The zero-order valence-electron chi connectivity index (χ0n) is 23.8. The van der Waals surface area contributed by atoms with Gasteiger partial charge in [-0.1, -0.05) is 0 Å². The first-order valence-corrected chi connectivity index (χ1v) is 14.5. The maximum Gasteiger partial charge on any atom is 0.231 e. The first-order chi connectivity index (χ1) is 21.0. The summed E-state index contributed by atoms with van der Waals surface area (Å²) in [7, 11) is 0. The third-order valence-electron chi connectivity index (χ3n) is 7.69. The van der Waals surface area contributed by atoms with E-state index in [9.17, 15) is 0 Å². The van der Waals surface area contributed by atoms with Crippen molar-refractivity contribution >= 4 is 68.1 Å². The Balaban J connectivity index is 0.000000160. The molecule has 0 aliphatic carbocycles. The van der Waals surface area contributed by atoms with E-state index in [1.807, 2.05) is 6.07 Å². The second kappa shape index (κ2) is 11.6. The molecule has 2 aliphatic rings. The van der Waals surface area contributed by atoms with Gasteiger partial charge in [0.2, 0.25) is 11.2 Å². The highest BCUT2D eigenvalue weighted by molar-refractivity contribution is 6.28. The van der Waals surface area contributed by atoms with E-state index in [2.05, 4.69) is 81.0 Å². The maximum absolute atomic E-state index is 5.87. The van der Waals surface area contributed by atoms with Crippen molar-refractivity contribution in [2.75, 3.05) is 67.7 Å². The highest BCUT2D eigenvalue weighted by Crippen LogP contribution is 2.28. The second-order valence-corrected chi connectivity index (χ2v) is 10.7. The number of anilines is 4. The van der Waals surface area contributed by atoms with Gasteiger partial charge in [0.15, 0.2) is 22.9 Å². The van der Waals surface area contributed by atoms with Crippen molar-refractivity contribution in [2.45, 2.75) is 13.8 Å². The van der Waals surface area contributed by atoms with Gasteiger partial charge in [-0.2, -0.15) is 19.9 Å². The fourth-order valence-corrected chi connectivity index (χ4v) is 5.50. The Hall–Kier alpha value is -4.53. The monoisotopic (exact) mass is 602 g/mol. The third kappa shape index (κ3) is 5.51. The number of hydrogen-bond donors (Lipinski definition) is 4. The Morgan fingerprint density at radius 1 is 0.791 bits per heavy atom. The quantitative estimate of drug-likeness (QED) is 0.217. The molecule has 1 aromatic carbocycles. The molecule has 14 nitrogen and oxygen atoms in total. The molecule has 222 valence electrons. The molecule has 2 aliphatic heterocycles. The molecule has 0 atom stereocenters. The number of fused-ring (bicyclic) bond motifs is 3. The van der Waals surface area contributed by atoms with Gasteiger partial charge in [-0.05, 0) is 49.2 Å². The van der Waals surface area contributed by atoms with E-state index in [0.717, 1.165) is 60.1 Å². The maximum atomic E-state index is 5.87. The standard InChI is InChI=1S/C19H21N7O.C9H10ClN5O/c1-11-12(2)22-15-4-3-13(9-14(11)15)23-19-24-17-16(20-10-21-17)18(25-19)26-5-7-27-8-6-26;10-9-13-7-6(11-5-12-7)8(14-9)15-1-3-16-4-2-15/h3-4,9-10,22H,5-8H2,1-2H3,(H2,20,21,23,24,25);5H,1-4H2,(H,11,12,13,14). The van der Waals surface area contributed by atoms with Crippen LogP contribution in [0.5, 0.6) is 0 Å². The highest BCUT2D eigenvalue weighted by Gasteiger charge is 2.20. The summed E-state index contributed by atoms with van der Waals surface area (Å²) in [4.78, 5) is 40.0. The molecule has 5 aromatic heterocycles. The number of morpholine rings is 2. The number of imidazole rings is 2. The molecule has 0 unspecified atom stereocenters. The van der Waals surface area contributed by atoms with Crippen molar-refractivity contribution < 1.29 is 9.47 Å². The number of nitrogens with one attached hydrogen (secondary N) is 4. The van der Waals surface area contributed by atoms with E-state index in [4.69, 9.17) is 26.1 Å². The van der Waals surface area contributed by atoms with Gasteiger partial charge in [-0.25, -0.2) is 9.97 Å². The first kappa shape index (κ1) is 27.3. The molecule has 43 heavy (non-hydrogen) atoms. The van der Waals surface area contributed by atoms with Gasteiger partial charge >= 0.3 is 0 Å². The zero-order valence-corrected chi connectivity index (χ0v) is 24.6. The van der Waals surface area contributed by atoms with E-state index < -0.39 is 0 Å². The Kier molecular flexibility index (Phi) is 7.39. The van der Waals surface area contributed by atoms with Crippen LogP contribution in [0, 0.1) is 13.8 Å². The lowest BCUT2D eigenvalue weighted by Gasteiger charge is -2.28. The van der Waals surface area contributed by atoms with Crippen LogP contribution in [0.1, 0.15) is 11.3 Å². The van der Waals surface area contributed by atoms with Crippen molar-refractivity contribution in [2.24, 2.45) is 0 Å². The van der Waals surface area contributed by atoms with Gasteiger partial charge in [-0.15, -0.1) is 0 Å². The van der Waals surface area contributed by atoms with Crippen LogP contribution >= 0.6 is 11.6 Å². The summed E-state index contributed by atoms with van der Waals surface area (Å²) in [5.74, 6) is 2.20. The van der Waals surface area contributed by atoms with Crippen LogP contribution in [0.3, 0.4) is 0 Å². The number of hydrogen-bond acceptors (Lipinski definition) is 11. The number of aromatic nitrogens is 9. The molecule has 7 heterocycles. The second-order valence-electron chi connectivity index (χ2n) is 10.3. The molecule has 2 fully saturated rings. The van der Waals surface area contributed by atoms with Gasteiger partial charge in [0.05, 0.1) is 39.1 Å². The molecular formula is C28H31ClN12O2. The normalized spacial score (nSPS) is 15.7. The third-order valence-corrected chi connectivity index (χ3v) is 7.86. The number of aryl methyl sites for hydroxylation is 2. The van der Waals surface area contributed by atoms with Gasteiger partial charge in [0, 0.05) is 48.5 Å². The minimum Gasteiger partial charge on any atom is -0.378 e. The molecule has 0 amide bonds. The van der Waals surface area contributed by atoms with Crippen LogP contribution < -0.4 is 15.1 Å². The smallest absolute Gasteiger partial charge is 0.231 e. The molecule has 4 N–H and O–H groups in total. The summed E-state index contributed by atoms with van der Waals surface area (Å²) in [6.07, 6.45) is 3.25. The van der Waals surface area contributed by atoms with Gasteiger partial charge in [-0.3, -0.25) is 0 Å². The Bertz CT molecular complexity index is 1890. The molecule has 0 bridgehead atoms. The highest BCUT2D eigenvalue weighted by atomic mass is 35.5. The van der Waals surface area contributed by atoms with Gasteiger partial charge < -0.3 is 39.5 Å². The number of aromatic amines is 3. The van der Waals surface area contributed by atoms with E-state index in [0.29, 0.717) is 43.7 Å². The largest absolute Gasteiger partial charge is 0.378 e. The Morgan fingerprint density at radius 3 is 2.05 bits per heavy atom. The topological polar surface area (TPSA) is 162 Å². The summed E-state index contributed by atoms with van der Waals surface area (Å²) >= 11 is 5.87. The van der Waals surface area contributed by atoms with Crippen LogP contribution in [-0.2, 0) is 9.47 Å². The van der Waals surface area contributed by atoms with Gasteiger partial charge in [0.1, 0.15) is 11.0 Å². The van der Waals surface area contributed by atoms with Crippen LogP contribution in [0.15, 0.2) is 30.9 Å². The van der Waals surface area contributed by atoms with E-state index in [-0.39, 0.29) is 5.28 Å². The number of ether oxygens (including phenoxy) is 2. The average molecular weight is 603 g/mol. The average Bonchev–Trinajstić information content (AvgIpc) is 3.77. The molecule has 15 heteroatoms. The molecule has 0 spiro atoms. The summed E-state index contributed by atoms with van der Waals surface area (Å²) in [5, 5.41) is 4.77. The van der Waals surface area contributed by atoms with Crippen LogP contribution in [0.4, 0.5) is 23.3 Å². The lowest BCUT2D eigenvalue weighted by Crippen LogP contribution is -2.37. The first-order valence-electron chi connectivity index (χ1n) is 14.1. The van der Waals surface area contributed by atoms with E-state index in [1.165, 1.54) is 16.6 Å². The number of halogens is 1. The lowest BCUT2D eigenvalue weighted by atomic mass is 10.1. The molecule has 6 aromatic rings. The summed E-state index contributed by atoms with van der Waals surface area (Å²) in [5.41, 5.74) is 7.46. The van der Waals surface area contributed by atoms with E-state index in [1.54, 1.807) is 12.7 Å². The molecule has 0 saturated carbocycles. The number of nitrogens with zero attached hydrogens (tertiary/aromatic N) is 8. The Labute approximate surface area is 251 Å². The molecular weight excluding hydrogens is 572 g/mol. The van der Waals surface area contributed by atoms with Crippen LogP contribution in [-0.4, -0.2) is 97.5 Å². The number of rotatable bonds is 4.